The molecule has 0 atom stereocenters. The van der Waals surface area contributed by atoms with Crippen LogP contribution in [0.25, 0.3) is 33.0 Å². The molecule has 4 heterocycles. The summed E-state index contributed by atoms with van der Waals surface area (Å²) in [4.78, 5) is 5.82. The molecule has 21 heavy (non-hydrogen) atoms. The van der Waals surface area contributed by atoms with Gasteiger partial charge < -0.3 is 4.42 Å². The minimum Gasteiger partial charge on any atom is -0.464 e. The molecule has 0 aliphatic carbocycles. The molecular formula is C17H11NOS2. The monoisotopic (exact) mass is 309 g/mol. The van der Waals surface area contributed by atoms with Crippen LogP contribution in [0, 0.1) is 0 Å². The van der Waals surface area contributed by atoms with E-state index in [9.17, 15) is 0 Å². The molecule has 4 aromatic heterocycles. The molecule has 0 spiro atoms. The molecule has 0 aromatic carbocycles. The smallest absolute Gasteiger partial charge is 0.134 e. The molecule has 0 fully saturated rings. The minimum absolute atomic E-state index is 0.872. The van der Waals surface area contributed by atoms with Crippen LogP contribution in [0.15, 0.2) is 69.4 Å². The number of rotatable bonds is 3. The van der Waals surface area contributed by atoms with E-state index in [1.54, 1.807) is 28.9 Å². The fourth-order valence-electron chi connectivity index (χ4n) is 2.39. The second kappa shape index (κ2) is 5.31. The molecule has 0 aliphatic rings. The first-order chi connectivity index (χ1) is 10.4. The van der Waals surface area contributed by atoms with Crippen LogP contribution in [-0.4, -0.2) is 4.98 Å². The first-order valence-corrected chi connectivity index (χ1v) is 8.35. The van der Waals surface area contributed by atoms with Crippen LogP contribution in [0.1, 0.15) is 0 Å². The summed E-state index contributed by atoms with van der Waals surface area (Å²) in [6.45, 7) is 0. The van der Waals surface area contributed by atoms with Gasteiger partial charge in [0.1, 0.15) is 5.76 Å². The fraction of sp³-hybridized carbons (Fsp3) is 0. The Morgan fingerprint density at radius 1 is 1.00 bits per heavy atom. The van der Waals surface area contributed by atoms with E-state index in [4.69, 9.17) is 4.42 Å². The number of aromatic nitrogens is 1. The van der Waals surface area contributed by atoms with Crippen LogP contribution >= 0.6 is 22.7 Å². The second-order valence-electron chi connectivity index (χ2n) is 4.55. The van der Waals surface area contributed by atoms with E-state index in [1.807, 2.05) is 24.4 Å². The summed E-state index contributed by atoms with van der Waals surface area (Å²) in [7, 11) is 0. The average molecular weight is 309 g/mol. The van der Waals surface area contributed by atoms with Crippen molar-refractivity contribution in [2.24, 2.45) is 0 Å². The lowest BCUT2D eigenvalue weighted by atomic mass is 10.00. The van der Waals surface area contributed by atoms with Gasteiger partial charge in [0.2, 0.25) is 0 Å². The molecule has 4 heteroatoms. The first-order valence-electron chi connectivity index (χ1n) is 6.53. The number of hydrogen-bond donors (Lipinski definition) is 0. The zero-order valence-electron chi connectivity index (χ0n) is 11.0. The number of pyridine rings is 1. The highest BCUT2D eigenvalue weighted by atomic mass is 32.1. The molecule has 0 saturated heterocycles. The third-order valence-electron chi connectivity index (χ3n) is 3.30. The van der Waals surface area contributed by atoms with Crippen LogP contribution in [-0.2, 0) is 0 Å². The fourth-order valence-corrected chi connectivity index (χ4v) is 3.81. The predicted molar refractivity (Wildman–Crippen MR) is 88.6 cm³/mol. The van der Waals surface area contributed by atoms with Crippen molar-refractivity contribution in [1.82, 2.24) is 4.98 Å². The highest BCUT2D eigenvalue weighted by Gasteiger charge is 2.17. The van der Waals surface area contributed by atoms with Crippen molar-refractivity contribution in [3.05, 3.63) is 65.0 Å². The van der Waals surface area contributed by atoms with Gasteiger partial charge in [0.25, 0.3) is 0 Å². The molecule has 4 aromatic rings. The summed E-state index contributed by atoms with van der Waals surface area (Å²) in [6.07, 6.45) is 3.56. The van der Waals surface area contributed by atoms with Gasteiger partial charge in [-0.05, 0) is 41.1 Å². The van der Waals surface area contributed by atoms with Crippen LogP contribution in [0.3, 0.4) is 0 Å². The summed E-state index contributed by atoms with van der Waals surface area (Å²) in [5, 5.41) is 6.30. The second-order valence-corrected chi connectivity index (χ2v) is 6.28. The average Bonchev–Trinajstić information content (AvgIpc) is 3.28. The van der Waals surface area contributed by atoms with Crippen molar-refractivity contribution in [3.63, 3.8) is 0 Å². The van der Waals surface area contributed by atoms with Crippen molar-refractivity contribution >= 4 is 22.7 Å². The Labute approximate surface area is 130 Å². The highest BCUT2D eigenvalue weighted by Crippen LogP contribution is 2.41. The Morgan fingerprint density at radius 3 is 2.71 bits per heavy atom. The van der Waals surface area contributed by atoms with Gasteiger partial charge in [0.15, 0.2) is 0 Å². The lowest BCUT2D eigenvalue weighted by Gasteiger charge is -2.10. The van der Waals surface area contributed by atoms with Gasteiger partial charge in [-0.15, -0.1) is 11.3 Å². The van der Waals surface area contributed by atoms with Crippen LogP contribution in [0.5, 0.6) is 0 Å². The van der Waals surface area contributed by atoms with Crippen molar-refractivity contribution in [2.45, 2.75) is 0 Å². The maximum Gasteiger partial charge on any atom is 0.134 e. The highest BCUT2D eigenvalue weighted by molar-refractivity contribution is 7.13. The van der Waals surface area contributed by atoms with E-state index in [-0.39, 0.29) is 0 Å². The minimum atomic E-state index is 0.872. The Kier molecular flexibility index (Phi) is 3.18. The molecule has 0 N–H and O–H groups in total. The van der Waals surface area contributed by atoms with E-state index in [0.29, 0.717) is 0 Å². The van der Waals surface area contributed by atoms with Gasteiger partial charge in [-0.3, -0.25) is 4.98 Å². The molecule has 2 nitrogen and oxygen atoms in total. The van der Waals surface area contributed by atoms with Crippen molar-refractivity contribution in [1.29, 1.82) is 0 Å². The maximum absolute atomic E-state index is 5.61. The van der Waals surface area contributed by atoms with Crippen LogP contribution in [0.2, 0.25) is 0 Å². The molecule has 4 rings (SSSR count). The van der Waals surface area contributed by atoms with Crippen LogP contribution in [0.4, 0.5) is 0 Å². The number of furan rings is 1. The molecule has 0 unspecified atom stereocenters. The van der Waals surface area contributed by atoms with E-state index in [1.165, 1.54) is 4.88 Å². The molecule has 0 amide bonds. The summed E-state index contributed by atoms with van der Waals surface area (Å²) in [5.74, 6) is 0.872. The van der Waals surface area contributed by atoms with E-state index >= 15 is 0 Å². The number of thiophene rings is 2. The van der Waals surface area contributed by atoms with Crippen LogP contribution < -0.4 is 0 Å². The predicted octanol–water partition coefficient (Wildman–Crippen LogP) is 5.80. The zero-order valence-corrected chi connectivity index (χ0v) is 12.7. The SMILES string of the molecule is c1coc(-c2ccnc(-c3ccsc3)c2-c2cccs2)c1. The topological polar surface area (TPSA) is 26.0 Å². The van der Waals surface area contributed by atoms with Gasteiger partial charge in [0, 0.05) is 33.1 Å². The van der Waals surface area contributed by atoms with E-state index in [2.05, 4.69) is 39.3 Å². The lowest BCUT2D eigenvalue weighted by Crippen LogP contribution is -1.90. The van der Waals surface area contributed by atoms with Crippen molar-refractivity contribution < 1.29 is 4.42 Å². The quantitative estimate of drug-likeness (QED) is 0.478. The first kappa shape index (κ1) is 12.6. The summed E-state index contributed by atoms with van der Waals surface area (Å²) < 4.78 is 5.61. The summed E-state index contributed by atoms with van der Waals surface area (Å²) >= 11 is 3.40. The molecule has 102 valence electrons. The normalized spacial score (nSPS) is 10.9. The number of nitrogens with zero attached hydrogens (tertiary/aromatic N) is 1. The number of hydrogen-bond acceptors (Lipinski definition) is 4. The molecule has 0 radical (unpaired) electrons. The van der Waals surface area contributed by atoms with Gasteiger partial charge in [-0.25, -0.2) is 0 Å². The molecule has 0 bridgehead atoms. The zero-order chi connectivity index (χ0) is 14.1. The molecule has 0 saturated carbocycles. The standard InChI is InChI=1S/C17H11NOS2/c1-3-14(19-8-1)13-5-7-18-17(12-6-10-20-11-12)16(13)15-4-2-9-21-15/h1-11H. The summed E-state index contributed by atoms with van der Waals surface area (Å²) in [5.41, 5.74) is 4.38. The third-order valence-corrected chi connectivity index (χ3v) is 4.87. The Hall–Kier alpha value is -2.17. The Bertz CT molecular complexity index is 779. The van der Waals surface area contributed by atoms with Gasteiger partial charge in [0.05, 0.1) is 12.0 Å². The molecular weight excluding hydrogens is 298 g/mol. The maximum atomic E-state index is 5.61. The third kappa shape index (κ3) is 2.22. The van der Waals surface area contributed by atoms with Gasteiger partial charge in [-0.2, -0.15) is 11.3 Å². The van der Waals surface area contributed by atoms with Gasteiger partial charge in [-0.1, -0.05) is 6.07 Å². The summed E-state index contributed by atoms with van der Waals surface area (Å²) in [6, 6.07) is 12.2. The van der Waals surface area contributed by atoms with E-state index < -0.39 is 0 Å². The largest absolute Gasteiger partial charge is 0.464 e. The molecule has 0 aliphatic heterocycles. The lowest BCUT2D eigenvalue weighted by molar-refractivity contribution is 0.582. The van der Waals surface area contributed by atoms with E-state index in [0.717, 1.165) is 28.1 Å². The Balaban J connectivity index is 2.03. The van der Waals surface area contributed by atoms with Crippen molar-refractivity contribution in [2.75, 3.05) is 0 Å². The van der Waals surface area contributed by atoms with Crippen molar-refractivity contribution in [3.8, 4) is 33.0 Å². The van der Waals surface area contributed by atoms with Gasteiger partial charge >= 0.3 is 0 Å². The Morgan fingerprint density at radius 2 is 2.00 bits per heavy atom.